The SMILES string of the molecule is C=CC(C)C(C)C=C(N)C(=O)O. The molecule has 3 nitrogen and oxygen atoms in total. The van der Waals surface area contributed by atoms with E-state index in [-0.39, 0.29) is 17.5 Å². The Kier molecular flexibility index (Phi) is 4.11. The average Bonchev–Trinajstić information content (AvgIpc) is 2.02. The Balaban J connectivity index is 4.32. The van der Waals surface area contributed by atoms with Crippen LogP contribution in [0.1, 0.15) is 13.8 Å². The Morgan fingerprint density at radius 3 is 2.33 bits per heavy atom. The largest absolute Gasteiger partial charge is 0.477 e. The van der Waals surface area contributed by atoms with E-state index in [0.29, 0.717) is 0 Å². The molecule has 0 heterocycles. The third kappa shape index (κ3) is 3.23. The maximum absolute atomic E-state index is 10.3. The summed E-state index contributed by atoms with van der Waals surface area (Å²) in [5.41, 5.74) is 5.14. The van der Waals surface area contributed by atoms with Crippen molar-refractivity contribution >= 4 is 5.97 Å². The Morgan fingerprint density at radius 1 is 1.50 bits per heavy atom. The molecule has 3 heteroatoms. The minimum Gasteiger partial charge on any atom is -0.477 e. The minimum atomic E-state index is -1.07. The molecule has 0 fully saturated rings. The lowest BCUT2D eigenvalue weighted by molar-refractivity contribution is -0.132. The number of hydrogen-bond acceptors (Lipinski definition) is 2. The van der Waals surface area contributed by atoms with Crippen molar-refractivity contribution in [2.24, 2.45) is 17.6 Å². The molecule has 68 valence electrons. The van der Waals surface area contributed by atoms with Crippen LogP contribution in [-0.2, 0) is 4.79 Å². The van der Waals surface area contributed by atoms with Gasteiger partial charge in [0.1, 0.15) is 5.70 Å². The van der Waals surface area contributed by atoms with Crippen LogP contribution in [0.3, 0.4) is 0 Å². The van der Waals surface area contributed by atoms with Crippen molar-refractivity contribution in [1.29, 1.82) is 0 Å². The monoisotopic (exact) mass is 169 g/mol. The number of nitrogens with two attached hydrogens (primary N) is 1. The van der Waals surface area contributed by atoms with Gasteiger partial charge in [-0.15, -0.1) is 6.58 Å². The fraction of sp³-hybridized carbons (Fsp3) is 0.444. The average molecular weight is 169 g/mol. The van der Waals surface area contributed by atoms with E-state index in [0.717, 1.165) is 0 Å². The molecule has 0 aromatic rings. The lowest BCUT2D eigenvalue weighted by Gasteiger charge is -2.11. The van der Waals surface area contributed by atoms with Crippen molar-refractivity contribution in [3.8, 4) is 0 Å². The van der Waals surface area contributed by atoms with Crippen molar-refractivity contribution in [3.63, 3.8) is 0 Å². The third-order valence-corrected chi connectivity index (χ3v) is 1.89. The maximum atomic E-state index is 10.3. The number of aliphatic carboxylic acids is 1. The van der Waals surface area contributed by atoms with Gasteiger partial charge in [0, 0.05) is 0 Å². The molecule has 0 radical (unpaired) electrons. The summed E-state index contributed by atoms with van der Waals surface area (Å²) in [4.78, 5) is 10.3. The van der Waals surface area contributed by atoms with Gasteiger partial charge in [-0.25, -0.2) is 4.79 Å². The van der Waals surface area contributed by atoms with Gasteiger partial charge < -0.3 is 10.8 Å². The number of rotatable bonds is 4. The lowest BCUT2D eigenvalue weighted by atomic mass is 9.95. The Bertz CT molecular complexity index is 209. The molecule has 2 atom stereocenters. The molecule has 0 aliphatic rings. The van der Waals surface area contributed by atoms with Gasteiger partial charge in [-0.1, -0.05) is 26.0 Å². The molecule has 0 aromatic heterocycles. The predicted molar refractivity (Wildman–Crippen MR) is 48.4 cm³/mol. The van der Waals surface area contributed by atoms with Gasteiger partial charge in [-0.3, -0.25) is 0 Å². The van der Waals surface area contributed by atoms with Gasteiger partial charge in [0.25, 0.3) is 0 Å². The fourth-order valence-corrected chi connectivity index (χ4v) is 0.721. The van der Waals surface area contributed by atoms with E-state index in [9.17, 15) is 4.79 Å². The highest BCUT2D eigenvalue weighted by Crippen LogP contribution is 2.13. The first-order chi connectivity index (χ1) is 5.49. The topological polar surface area (TPSA) is 63.3 Å². The van der Waals surface area contributed by atoms with Crippen LogP contribution >= 0.6 is 0 Å². The van der Waals surface area contributed by atoms with Crippen LogP contribution in [0.4, 0.5) is 0 Å². The molecule has 0 aromatic carbocycles. The van der Waals surface area contributed by atoms with E-state index in [1.807, 2.05) is 13.8 Å². The quantitative estimate of drug-likeness (QED) is 0.493. The van der Waals surface area contributed by atoms with Gasteiger partial charge >= 0.3 is 5.97 Å². The molecule has 0 bridgehead atoms. The molecule has 0 amide bonds. The molecule has 0 aliphatic carbocycles. The summed E-state index contributed by atoms with van der Waals surface area (Å²) in [6.45, 7) is 7.48. The number of carboxylic acid groups (broad SMARTS) is 1. The van der Waals surface area contributed by atoms with Gasteiger partial charge in [-0.2, -0.15) is 0 Å². The van der Waals surface area contributed by atoms with Gasteiger partial charge in [0.2, 0.25) is 0 Å². The molecule has 3 N–H and O–H groups in total. The van der Waals surface area contributed by atoms with Crippen LogP contribution in [0.5, 0.6) is 0 Å². The van der Waals surface area contributed by atoms with Crippen LogP contribution in [-0.4, -0.2) is 11.1 Å². The summed E-state index contributed by atoms with van der Waals surface area (Å²) >= 11 is 0. The first-order valence-corrected chi connectivity index (χ1v) is 3.82. The smallest absolute Gasteiger partial charge is 0.351 e. The van der Waals surface area contributed by atoms with Crippen molar-refractivity contribution < 1.29 is 9.90 Å². The summed E-state index contributed by atoms with van der Waals surface area (Å²) in [6.07, 6.45) is 3.31. The second kappa shape index (κ2) is 4.59. The highest BCUT2D eigenvalue weighted by atomic mass is 16.4. The molecule has 12 heavy (non-hydrogen) atoms. The molecule has 0 saturated carbocycles. The summed E-state index contributed by atoms with van der Waals surface area (Å²) < 4.78 is 0. The van der Waals surface area contributed by atoms with Crippen LogP contribution in [0, 0.1) is 11.8 Å². The second-order valence-corrected chi connectivity index (χ2v) is 2.88. The standard InChI is InChI=1S/C9H15NO2/c1-4-6(2)7(3)5-8(10)9(11)12/h4-7H,1,10H2,2-3H3,(H,11,12). The number of carbonyl (C=O) groups is 1. The number of hydrogen-bond donors (Lipinski definition) is 2. The Morgan fingerprint density at radius 2 is 2.00 bits per heavy atom. The van der Waals surface area contributed by atoms with Gasteiger partial charge in [0.05, 0.1) is 0 Å². The summed E-state index contributed by atoms with van der Waals surface area (Å²) in [5, 5.41) is 8.47. The molecule has 0 spiro atoms. The fourth-order valence-electron chi connectivity index (χ4n) is 0.721. The van der Waals surface area contributed by atoms with Crippen LogP contribution in [0.15, 0.2) is 24.4 Å². The van der Waals surface area contributed by atoms with Gasteiger partial charge in [-0.05, 0) is 11.8 Å². The predicted octanol–water partition coefficient (Wildman–Crippen LogP) is 1.37. The molecular weight excluding hydrogens is 154 g/mol. The zero-order valence-electron chi connectivity index (χ0n) is 7.45. The molecule has 0 rings (SSSR count). The van der Waals surface area contributed by atoms with Crippen molar-refractivity contribution in [2.75, 3.05) is 0 Å². The molecule has 0 aliphatic heterocycles. The van der Waals surface area contributed by atoms with E-state index >= 15 is 0 Å². The first kappa shape index (κ1) is 10.8. The summed E-state index contributed by atoms with van der Waals surface area (Å²) in [7, 11) is 0. The minimum absolute atomic E-state index is 0.101. The lowest BCUT2D eigenvalue weighted by Crippen LogP contribution is -2.13. The van der Waals surface area contributed by atoms with Crippen LogP contribution in [0.25, 0.3) is 0 Å². The molecule has 2 unspecified atom stereocenters. The normalized spacial score (nSPS) is 16.7. The maximum Gasteiger partial charge on any atom is 0.351 e. The first-order valence-electron chi connectivity index (χ1n) is 3.82. The van der Waals surface area contributed by atoms with Crippen LogP contribution < -0.4 is 5.73 Å². The Hall–Kier alpha value is -1.25. The molecular formula is C9H15NO2. The summed E-state index contributed by atoms with van der Waals surface area (Å²) in [5.74, 6) is -0.723. The molecule has 0 saturated heterocycles. The zero-order chi connectivity index (χ0) is 9.72. The second-order valence-electron chi connectivity index (χ2n) is 2.88. The number of allylic oxidation sites excluding steroid dienone is 2. The van der Waals surface area contributed by atoms with E-state index in [4.69, 9.17) is 10.8 Å². The van der Waals surface area contributed by atoms with E-state index in [1.165, 1.54) is 6.08 Å². The van der Waals surface area contributed by atoms with E-state index in [2.05, 4.69) is 6.58 Å². The van der Waals surface area contributed by atoms with E-state index < -0.39 is 5.97 Å². The van der Waals surface area contributed by atoms with Crippen molar-refractivity contribution in [1.82, 2.24) is 0 Å². The Labute approximate surface area is 72.6 Å². The van der Waals surface area contributed by atoms with Crippen molar-refractivity contribution in [2.45, 2.75) is 13.8 Å². The highest BCUT2D eigenvalue weighted by molar-refractivity contribution is 5.85. The highest BCUT2D eigenvalue weighted by Gasteiger charge is 2.08. The van der Waals surface area contributed by atoms with Gasteiger partial charge in [0.15, 0.2) is 0 Å². The zero-order valence-corrected chi connectivity index (χ0v) is 7.45. The van der Waals surface area contributed by atoms with E-state index in [1.54, 1.807) is 6.08 Å². The third-order valence-electron chi connectivity index (χ3n) is 1.89. The summed E-state index contributed by atoms with van der Waals surface area (Å²) in [6, 6.07) is 0. The van der Waals surface area contributed by atoms with Crippen LogP contribution in [0.2, 0.25) is 0 Å². The number of carboxylic acids is 1. The van der Waals surface area contributed by atoms with Crippen molar-refractivity contribution in [3.05, 3.63) is 24.4 Å².